The third-order valence-corrected chi connectivity index (χ3v) is 3.84. The van der Waals surface area contributed by atoms with E-state index in [-0.39, 0.29) is 0 Å². The fourth-order valence-corrected chi connectivity index (χ4v) is 2.54. The lowest BCUT2D eigenvalue weighted by atomic mass is 10.2. The average molecular weight is 324 g/mol. The fraction of sp³-hybridized carbons (Fsp3) is 0.500. The maximum Gasteiger partial charge on any atom is 0.312 e. The van der Waals surface area contributed by atoms with E-state index in [0.717, 1.165) is 5.69 Å². The monoisotopic (exact) mass is 323 g/mol. The summed E-state index contributed by atoms with van der Waals surface area (Å²) in [5.74, 6) is -0.618. The quantitative estimate of drug-likeness (QED) is 0.862. The van der Waals surface area contributed by atoms with Gasteiger partial charge in [0.2, 0.25) is 0 Å². The molecule has 2 amide bonds. The van der Waals surface area contributed by atoms with Crippen LogP contribution in [-0.2, 0) is 9.59 Å². The van der Waals surface area contributed by atoms with E-state index in [0.29, 0.717) is 43.7 Å². The van der Waals surface area contributed by atoms with E-state index in [4.69, 9.17) is 11.6 Å². The van der Waals surface area contributed by atoms with Gasteiger partial charge in [-0.25, -0.2) is 0 Å². The van der Waals surface area contributed by atoms with Gasteiger partial charge in [0.05, 0.1) is 0 Å². The maximum atomic E-state index is 12.1. The molecule has 0 saturated carbocycles. The number of carbonyl (C=O) groups excluding carboxylic acids is 2. The number of piperazine rings is 1. The van der Waals surface area contributed by atoms with Crippen LogP contribution in [-0.4, -0.2) is 49.4 Å². The molecule has 22 heavy (non-hydrogen) atoms. The van der Waals surface area contributed by atoms with Crippen molar-refractivity contribution in [1.82, 2.24) is 10.2 Å². The predicted octanol–water partition coefficient (Wildman–Crippen LogP) is 1.76. The number of anilines is 1. The van der Waals surface area contributed by atoms with Crippen LogP contribution >= 0.6 is 11.6 Å². The SMILES string of the molecule is CC(C)CNC(=O)C(=O)N1CCN(c2cccc(Cl)c2)CC1. The Morgan fingerprint density at radius 3 is 2.50 bits per heavy atom. The normalized spacial score (nSPS) is 15.1. The van der Waals surface area contributed by atoms with Gasteiger partial charge in [0.25, 0.3) is 0 Å². The third-order valence-electron chi connectivity index (χ3n) is 3.61. The highest BCUT2D eigenvalue weighted by molar-refractivity contribution is 6.35. The molecule has 1 aromatic carbocycles. The number of amides is 2. The van der Waals surface area contributed by atoms with Crippen LogP contribution in [0.25, 0.3) is 0 Å². The van der Waals surface area contributed by atoms with Gasteiger partial charge < -0.3 is 15.1 Å². The van der Waals surface area contributed by atoms with Crippen LogP contribution in [0.1, 0.15) is 13.8 Å². The van der Waals surface area contributed by atoms with Crippen molar-refractivity contribution < 1.29 is 9.59 Å². The van der Waals surface area contributed by atoms with Crippen molar-refractivity contribution in [1.29, 1.82) is 0 Å². The lowest BCUT2D eigenvalue weighted by Crippen LogP contribution is -2.53. The lowest BCUT2D eigenvalue weighted by molar-refractivity contribution is -0.146. The Kier molecular flexibility index (Phi) is 5.66. The molecule has 1 heterocycles. The van der Waals surface area contributed by atoms with Crippen LogP contribution in [0.5, 0.6) is 0 Å². The smallest absolute Gasteiger partial charge is 0.312 e. The molecule has 2 rings (SSSR count). The summed E-state index contributed by atoms with van der Waals surface area (Å²) >= 11 is 6.00. The van der Waals surface area contributed by atoms with Gasteiger partial charge in [-0.3, -0.25) is 9.59 Å². The minimum atomic E-state index is -0.509. The number of nitrogens with one attached hydrogen (secondary N) is 1. The fourth-order valence-electron chi connectivity index (χ4n) is 2.36. The summed E-state index contributed by atoms with van der Waals surface area (Å²) in [6, 6.07) is 7.66. The van der Waals surface area contributed by atoms with E-state index in [1.165, 1.54) is 0 Å². The summed E-state index contributed by atoms with van der Waals surface area (Å²) < 4.78 is 0. The van der Waals surface area contributed by atoms with Gasteiger partial charge in [0.1, 0.15) is 0 Å². The van der Waals surface area contributed by atoms with Gasteiger partial charge in [0.15, 0.2) is 0 Å². The van der Waals surface area contributed by atoms with Crippen molar-refractivity contribution in [2.75, 3.05) is 37.6 Å². The third kappa shape index (κ3) is 4.37. The van der Waals surface area contributed by atoms with Gasteiger partial charge in [-0.05, 0) is 24.1 Å². The Balaban J connectivity index is 1.86. The highest BCUT2D eigenvalue weighted by Gasteiger charge is 2.26. The largest absolute Gasteiger partial charge is 0.368 e. The first-order chi connectivity index (χ1) is 10.5. The lowest BCUT2D eigenvalue weighted by Gasteiger charge is -2.35. The number of halogens is 1. The molecular weight excluding hydrogens is 302 g/mol. The van der Waals surface area contributed by atoms with Crippen LogP contribution < -0.4 is 10.2 Å². The first kappa shape index (κ1) is 16.6. The Labute approximate surface area is 136 Å². The highest BCUT2D eigenvalue weighted by atomic mass is 35.5. The molecule has 0 bridgehead atoms. The first-order valence-electron chi connectivity index (χ1n) is 7.55. The van der Waals surface area contributed by atoms with Crippen molar-refractivity contribution in [2.24, 2.45) is 5.92 Å². The predicted molar refractivity (Wildman–Crippen MR) is 88.1 cm³/mol. The van der Waals surface area contributed by atoms with E-state index in [9.17, 15) is 9.59 Å². The Morgan fingerprint density at radius 1 is 1.23 bits per heavy atom. The Bertz CT molecular complexity index is 540. The number of rotatable bonds is 3. The highest BCUT2D eigenvalue weighted by Crippen LogP contribution is 2.20. The van der Waals surface area contributed by atoms with Crippen LogP contribution in [0, 0.1) is 5.92 Å². The second-order valence-corrected chi connectivity index (χ2v) is 6.30. The topological polar surface area (TPSA) is 52.7 Å². The standard InChI is InChI=1S/C16H22ClN3O2/c1-12(2)11-18-15(21)16(22)20-8-6-19(7-9-20)14-5-3-4-13(17)10-14/h3-5,10,12H,6-9,11H2,1-2H3,(H,18,21). The number of nitrogens with zero attached hydrogens (tertiary/aromatic N) is 2. The molecule has 1 N–H and O–H groups in total. The van der Waals surface area contributed by atoms with E-state index < -0.39 is 11.8 Å². The number of carbonyl (C=O) groups is 2. The maximum absolute atomic E-state index is 12.1. The van der Waals surface area contributed by atoms with Gasteiger partial charge >= 0.3 is 11.8 Å². The van der Waals surface area contributed by atoms with Crippen LogP contribution in [0.15, 0.2) is 24.3 Å². The zero-order chi connectivity index (χ0) is 16.1. The molecule has 0 aromatic heterocycles. The number of benzene rings is 1. The van der Waals surface area contributed by atoms with Crippen molar-refractivity contribution in [3.8, 4) is 0 Å². The molecule has 0 aliphatic carbocycles. The van der Waals surface area contributed by atoms with Crippen molar-refractivity contribution in [3.63, 3.8) is 0 Å². The van der Waals surface area contributed by atoms with E-state index in [1.807, 2.05) is 38.1 Å². The van der Waals surface area contributed by atoms with Crippen LogP contribution in [0.4, 0.5) is 5.69 Å². The summed E-state index contributed by atoms with van der Waals surface area (Å²) in [4.78, 5) is 27.7. The number of hydrogen-bond donors (Lipinski definition) is 1. The van der Waals surface area contributed by atoms with Crippen LogP contribution in [0.3, 0.4) is 0 Å². The molecule has 1 aliphatic rings. The molecule has 5 nitrogen and oxygen atoms in total. The minimum absolute atomic E-state index is 0.330. The van der Waals surface area contributed by atoms with Gasteiger partial charge in [-0.2, -0.15) is 0 Å². The minimum Gasteiger partial charge on any atom is -0.368 e. The first-order valence-corrected chi connectivity index (χ1v) is 7.93. The molecule has 1 aromatic rings. The van der Waals surface area contributed by atoms with Crippen molar-refractivity contribution in [2.45, 2.75) is 13.8 Å². The average Bonchev–Trinajstić information content (AvgIpc) is 2.52. The van der Waals surface area contributed by atoms with Crippen LogP contribution in [0.2, 0.25) is 5.02 Å². The Morgan fingerprint density at radius 2 is 1.91 bits per heavy atom. The zero-order valence-corrected chi connectivity index (χ0v) is 13.8. The molecule has 6 heteroatoms. The molecule has 1 fully saturated rings. The second kappa shape index (κ2) is 7.49. The van der Waals surface area contributed by atoms with E-state index >= 15 is 0 Å². The van der Waals surface area contributed by atoms with Gasteiger partial charge in [-0.15, -0.1) is 0 Å². The number of hydrogen-bond acceptors (Lipinski definition) is 3. The molecule has 120 valence electrons. The molecule has 0 unspecified atom stereocenters. The summed E-state index contributed by atoms with van der Waals surface area (Å²) in [6.45, 7) is 6.99. The molecule has 1 saturated heterocycles. The zero-order valence-electron chi connectivity index (χ0n) is 13.0. The second-order valence-electron chi connectivity index (χ2n) is 5.86. The Hall–Kier alpha value is -1.75. The molecule has 0 radical (unpaired) electrons. The van der Waals surface area contributed by atoms with Gasteiger partial charge in [-0.1, -0.05) is 31.5 Å². The molecule has 1 aliphatic heterocycles. The summed E-state index contributed by atoms with van der Waals surface area (Å²) in [6.07, 6.45) is 0. The van der Waals surface area contributed by atoms with E-state index in [2.05, 4.69) is 10.2 Å². The molecule has 0 spiro atoms. The summed E-state index contributed by atoms with van der Waals surface area (Å²) in [5, 5.41) is 3.37. The summed E-state index contributed by atoms with van der Waals surface area (Å²) in [5.41, 5.74) is 1.05. The van der Waals surface area contributed by atoms with E-state index in [1.54, 1.807) is 4.90 Å². The van der Waals surface area contributed by atoms with Gasteiger partial charge in [0, 0.05) is 43.4 Å². The van der Waals surface area contributed by atoms with Crippen molar-refractivity contribution >= 4 is 29.1 Å². The molecule has 0 atom stereocenters. The summed E-state index contributed by atoms with van der Waals surface area (Å²) in [7, 11) is 0. The molecular formula is C16H22ClN3O2. The van der Waals surface area contributed by atoms with Crippen molar-refractivity contribution in [3.05, 3.63) is 29.3 Å².